The van der Waals surface area contributed by atoms with E-state index >= 15 is 0 Å². The third kappa shape index (κ3) is 46.6. The van der Waals surface area contributed by atoms with Crippen LogP contribution in [-0.4, -0.2) is 34.9 Å². The van der Waals surface area contributed by atoms with Gasteiger partial charge in [0.15, 0.2) is 0 Å². The van der Waals surface area contributed by atoms with E-state index in [0.717, 1.165) is 77.0 Å². The molecule has 0 radical (unpaired) electrons. The van der Waals surface area contributed by atoms with Crippen LogP contribution >= 0.6 is 0 Å². The minimum atomic E-state index is -0.877. The van der Waals surface area contributed by atoms with Crippen LogP contribution in [-0.2, 0) is 4.79 Å². The number of amides is 1. The molecule has 1 amide bonds. The van der Waals surface area contributed by atoms with Crippen molar-refractivity contribution in [1.82, 2.24) is 5.32 Å². The second kappa shape index (κ2) is 50.9. The number of aliphatic hydroxyl groups is 2. The quantitative estimate of drug-likeness (QED) is 0.0423. The van der Waals surface area contributed by atoms with E-state index in [2.05, 4.69) is 92.1 Å². The number of rotatable bonds is 46. The van der Waals surface area contributed by atoms with Gasteiger partial charge in [-0.1, -0.05) is 247 Å². The van der Waals surface area contributed by atoms with Gasteiger partial charge in [-0.2, -0.15) is 0 Å². The summed E-state index contributed by atoms with van der Waals surface area (Å²) < 4.78 is 0. The molecule has 0 fully saturated rings. The number of carbonyl (C=O) groups is 1. The van der Waals surface area contributed by atoms with Crippen molar-refractivity contribution in [2.75, 3.05) is 6.61 Å². The average Bonchev–Trinajstić information content (AvgIpc) is 3.25. The smallest absolute Gasteiger partial charge is 0.220 e. The van der Waals surface area contributed by atoms with Crippen LogP contribution in [0.2, 0.25) is 0 Å². The molecule has 2 unspecified atom stereocenters. The van der Waals surface area contributed by atoms with Gasteiger partial charge in [-0.15, -0.1) is 0 Å². The fourth-order valence-electron chi connectivity index (χ4n) is 7.46. The molecule has 346 valence electrons. The van der Waals surface area contributed by atoms with E-state index in [1.165, 1.54) is 148 Å². The van der Waals surface area contributed by atoms with E-state index < -0.39 is 12.1 Å². The Balaban J connectivity index is 3.61. The first-order valence-electron chi connectivity index (χ1n) is 25.8. The van der Waals surface area contributed by atoms with Crippen LogP contribution in [0, 0.1) is 0 Å². The van der Waals surface area contributed by atoms with Gasteiger partial charge in [0.1, 0.15) is 0 Å². The van der Waals surface area contributed by atoms with E-state index in [0.29, 0.717) is 6.42 Å². The maximum Gasteiger partial charge on any atom is 0.220 e. The number of carbonyl (C=O) groups excluding carboxylic acids is 1. The fraction of sp³-hybridized carbons (Fsp3) is 0.732. The highest BCUT2D eigenvalue weighted by Gasteiger charge is 2.17. The van der Waals surface area contributed by atoms with Gasteiger partial charge in [-0.3, -0.25) is 4.79 Å². The van der Waals surface area contributed by atoms with E-state index in [1.807, 2.05) is 6.08 Å². The summed E-state index contributed by atoms with van der Waals surface area (Å²) in [6.07, 6.45) is 74.4. The Morgan fingerprint density at radius 2 is 0.750 bits per heavy atom. The average molecular weight is 834 g/mol. The molecule has 0 saturated carbocycles. The molecule has 0 aromatic rings. The van der Waals surface area contributed by atoms with E-state index in [-0.39, 0.29) is 12.5 Å². The molecule has 0 aromatic carbocycles. The minimum absolute atomic E-state index is 0.0940. The van der Waals surface area contributed by atoms with Crippen molar-refractivity contribution >= 4 is 5.91 Å². The van der Waals surface area contributed by atoms with E-state index in [4.69, 9.17) is 0 Å². The molecule has 0 bridgehead atoms. The van der Waals surface area contributed by atoms with Gasteiger partial charge < -0.3 is 15.5 Å². The first kappa shape index (κ1) is 57.6. The molecular weight excluding hydrogens is 735 g/mol. The zero-order chi connectivity index (χ0) is 43.5. The van der Waals surface area contributed by atoms with Crippen molar-refractivity contribution in [1.29, 1.82) is 0 Å². The summed E-state index contributed by atoms with van der Waals surface area (Å²) in [5.41, 5.74) is 0. The largest absolute Gasteiger partial charge is 0.394 e. The number of aliphatic hydroxyl groups excluding tert-OH is 2. The van der Waals surface area contributed by atoms with Gasteiger partial charge >= 0.3 is 0 Å². The fourth-order valence-corrected chi connectivity index (χ4v) is 7.46. The lowest BCUT2D eigenvalue weighted by Gasteiger charge is -2.19. The van der Waals surface area contributed by atoms with E-state index in [1.54, 1.807) is 6.08 Å². The first-order valence-corrected chi connectivity index (χ1v) is 25.8. The zero-order valence-electron chi connectivity index (χ0n) is 39.7. The molecular formula is C56H99NO3. The van der Waals surface area contributed by atoms with Crippen molar-refractivity contribution in [2.24, 2.45) is 0 Å². The Hall–Kier alpha value is -2.43. The second-order valence-corrected chi connectivity index (χ2v) is 17.2. The third-order valence-corrected chi connectivity index (χ3v) is 11.4. The van der Waals surface area contributed by atoms with E-state index in [9.17, 15) is 15.0 Å². The Kier molecular flexibility index (Phi) is 48.9. The summed E-state index contributed by atoms with van der Waals surface area (Å²) in [5.74, 6) is -0.0940. The van der Waals surface area contributed by atoms with Gasteiger partial charge in [-0.25, -0.2) is 0 Å². The van der Waals surface area contributed by atoms with Crippen LogP contribution in [0.1, 0.15) is 245 Å². The van der Waals surface area contributed by atoms with Crippen molar-refractivity contribution < 1.29 is 15.0 Å². The van der Waals surface area contributed by atoms with Crippen LogP contribution in [0.25, 0.3) is 0 Å². The summed E-state index contributed by atoms with van der Waals surface area (Å²) in [4.78, 5) is 12.4. The third-order valence-electron chi connectivity index (χ3n) is 11.4. The standard InChI is InChI=1S/C56H99NO3/c1-3-5-7-9-11-13-15-17-19-21-23-25-26-27-28-29-30-32-33-35-37-39-41-43-45-47-49-51-55(59)54(53-58)57-56(60)52-50-48-46-44-42-40-38-36-34-31-24-22-20-18-16-14-12-10-8-6-4-2/h6,8,12,14,18,20,24,31,36,38,41,43,49,51,54-55,58-59H,3-5,7,9-11,13,15-17,19,21-23,25-30,32-35,37,39-40,42,44-48,50,52-53H2,1-2H3,(H,57,60)/b8-6-,14-12-,20-18-,31-24-,38-36-,43-41+,51-49+. The lowest BCUT2D eigenvalue weighted by molar-refractivity contribution is -0.123. The highest BCUT2D eigenvalue weighted by molar-refractivity contribution is 5.76. The van der Waals surface area contributed by atoms with Crippen LogP contribution in [0.4, 0.5) is 0 Å². The maximum absolute atomic E-state index is 12.4. The summed E-state index contributed by atoms with van der Waals surface area (Å²) in [6.45, 7) is 4.18. The molecule has 0 aliphatic heterocycles. The molecule has 4 nitrogen and oxygen atoms in total. The predicted molar refractivity (Wildman–Crippen MR) is 267 cm³/mol. The van der Waals surface area contributed by atoms with Crippen molar-refractivity contribution in [3.05, 3.63) is 85.1 Å². The zero-order valence-corrected chi connectivity index (χ0v) is 39.7. The summed E-state index contributed by atoms with van der Waals surface area (Å²) in [5, 5.41) is 23.1. The Labute approximate surface area is 373 Å². The topological polar surface area (TPSA) is 69.6 Å². The molecule has 0 rings (SSSR count). The van der Waals surface area contributed by atoms with Crippen LogP contribution in [0.15, 0.2) is 85.1 Å². The number of allylic oxidation sites excluding steroid dienone is 13. The molecule has 0 aliphatic rings. The molecule has 0 aromatic heterocycles. The van der Waals surface area contributed by atoms with Crippen molar-refractivity contribution in [2.45, 2.75) is 257 Å². The summed E-state index contributed by atoms with van der Waals surface area (Å²) in [7, 11) is 0. The number of unbranched alkanes of at least 4 members (excludes halogenated alkanes) is 27. The number of hydrogen-bond donors (Lipinski definition) is 3. The minimum Gasteiger partial charge on any atom is -0.394 e. The summed E-state index contributed by atoms with van der Waals surface area (Å²) in [6, 6.07) is -0.656. The molecule has 0 aliphatic carbocycles. The number of hydrogen-bond acceptors (Lipinski definition) is 3. The maximum atomic E-state index is 12.4. The van der Waals surface area contributed by atoms with Gasteiger partial charge in [0.05, 0.1) is 18.8 Å². The normalized spacial score (nSPS) is 13.6. The highest BCUT2D eigenvalue weighted by Crippen LogP contribution is 2.16. The molecule has 0 saturated heterocycles. The highest BCUT2D eigenvalue weighted by atomic mass is 16.3. The lowest BCUT2D eigenvalue weighted by Crippen LogP contribution is -2.45. The molecule has 2 atom stereocenters. The molecule has 60 heavy (non-hydrogen) atoms. The predicted octanol–water partition coefficient (Wildman–Crippen LogP) is 16.8. The van der Waals surface area contributed by atoms with Crippen molar-refractivity contribution in [3.63, 3.8) is 0 Å². The van der Waals surface area contributed by atoms with Crippen LogP contribution in [0.3, 0.4) is 0 Å². The molecule has 3 N–H and O–H groups in total. The Morgan fingerprint density at radius 3 is 1.17 bits per heavy atom. The second-order valence-electron chi connectivity index (χ2n) is 17.2. The first-order chi connectivity index (χ1) is 29.7. The Morgan fingerprint density at radius 1 is 0.417 bits per heavy atom. The number of nitrogens with one attached hydrogen (secondary N) is 1. The van der Waals surface area contributed by atoms with Gasteiger partial charge in [0.25, 0.3) is 0 Å². The van der Waals surface area contributed by atoms with Gasteiger partial charge in [0.2, 0.25) is 5.91 Å². The van der Waals surface area contributed by atoms with Gasteiger partial charge in [0, 0.05) is 6.42 Å². The monoisotopic (exact) mass is 834 g/mol. The molecule has 0 heterocycles. The molecule has 0 spiro atoms. The van der Waals surface area contributed by atoms with Crippen LogP contribution in [0.5, 0.6) is 0 Å². The van der Waals surface area contributed by atoms with Gasteiger partial charge in [-0.05, 0) is 77.0 Å². The van der Waals surface area contributed by atoms with Crippen LogP contribution < -0.4 is 5.32 Å². The summed E-state index contributed by atoms with van der Waals surface area (Å²) >= 11 is 0. The Bertz CT molecular complexity index is 1080. The SMILES string of the molecule is CC/C=C\C/C=C\C/C=C\C/C=C\C/C=C\CCCCCCCC(=O)NC(CO)C(O)/C=C/CC/C=C/CCCCCCCCCCCCCCCCCCCCCCC. The lowest BCUT2D eigenvalue weighted by atomic mass is 10.0. The molecule has 4 heteroatoms. The van der Waals surface area contributed by atoms with Crippen molar-refractivity contribution in [3.8, 4) is 0 Å².